The molecule has 132 valence electrons. The number of hydrogen-bond acceptors (Lipinski definition) is 3. The lowest BCUT2D eigenvalue weighted by atomic mass is 10.0. The van der Waals surface area contributed by atoms with Gasteiger partial charge in [-0.1, -0.05) is 0 Å². The normalized spacial score (nSPS) is 18.4. The fraction of sp³-hybridized carbons (Fsp3) is 0.533. The van der Waals surface area contributed by atoms with Crippen molar-refractivity contribution < 1.29 is 21.6 Å². The first-order valence-electron chi connectivity index (χ1n) is 7.57. The van der Waals surface area contributed by atoms with Gasteiger partial charge in [0.1, 0.15) is 0 Å². The maximum Gasteiger partial charge on any atom is 0.418 e. The summed E-state index contributed by atoms with van der Waals surface area (Å²) in [7, 11) is -3.27. The molecule has 0 unspecified atom stereocenters. The van der Waals surface area contributed by atoms with E-state index in [-0.39, 0.29) is 11.6 Å². The largest absolute Gasteiger partial charge is 0.418 e. The molecular formula is C15H18F3N3O2S. The van der Waals surface area contributed by atoms with E-state index in [2.05, 4.69) is 4.98 Å². The molecule has 0 aliphatic carbocycles. The SMILES string of the molecule is Cc1cc(C(F)(F)F)c2c(c1)ncn2C1CCN(S(C)(=O)=O)CC1. The predicted octanol–water partition coefficient (Wildman–Crippen LogP) is 2.96. The van der Waals surface area contributed by atoms with Crippen molar-refractivity contribution >= 4 is 21.1 Å². The third-order valence-electron chi connectivity index (χ3n) is 4.40. The van der Waals surface area contributed by atoms with E-state index in [4.69, 9.17) is 0 Å². The summed E-state index contributed by atoms with van der Waals surface area (Å²) in [6.45, 7) is 2.21. The first kappa shape index (κ1) is 17.2. The van der Waals surface area contributed by atoms with Crippen LogP contribution in [-0.2, 0) is 16.2 Å². The first-order valence-corrected chi connectivity index (χ1v) is 9.41. The lowest BCUT2D eigenvalue weighted by molar-refractivity contribution is -0.136. The topological polar surface area (TPSA) is 55.2 Å². The first-order chi connectivity index (χ1) is 11.1. The van der Waals surface area contributed by atoms with Crippen molar-refractivity contribution in [3.8, 4) is 0 Å². The number of benzene rings is 1. The van der Waals surface area contributed by atoms with Crippen LogP contribution in [0.4, 0.5) is 13.2 Å². The van der Waals surface area contributed by atoms with E-state index in [0.29, 0.717) is 37.0 Å². The Morgan fingerprint density at radius 1 is 1.21 bits per heavy atom. The van der Waals surface area contributed by atoms with E-state index >= 15 is 0 Å². The summed E-state index contributed by atoms with van der Waals surface area (Å²) in [5.41, 5.74) is 0.200. The van der Waals surface area contributed by atoms with Gasteiger partial charge in [0.15, 0.2) is 0 Å². The number of sulfonamides is 1. The average Bonchev–Trinajstić information content (AvgIpc) is 2.88. The molecule has 1 saturated heterocycles. The molecule has 1 aliphatic heterocycles. The van der Waals surface area contributed by atoms with Crippen molar-refractivity contribution in [3.05, 3.63) is 29.6 Å². The van der Waals surface area contributed by atoms with Gasteiger partial charge in [0.25, 0.3) is 0 Å². The smallest absolute Gasteiger partial charge is 0.327 e. The Kier molecular flexibility index (Phi) is 4.11. The molecule has 1 aliphatic rings. The zero-order valence-corrected chi connectivity index (χ0v) is 14.2. The molecule has 0 N–H and O–H groups in total. The number of hydrogen-bond donors (Lipinski definition) is 0. The van der Waals surface area contributed by atoms with E-state index in [0.717, 1.165) is 12.3 Å². The van der Waals surface area contributed by atoms with Gasteiger partial charge in [0, 0.05) is 19.1 Å². The van der Waals surface area contributed by atoms with Gasteiger partial charge < -0.3 is 4.57 Å². The van der Waals surface area contributed by atoms with Gasteiger partial charge in [0.2, 0.25) is 10.0 Å². The Balaban J connectivity index is 2.00. The molecule has 2 heterocycles. The number of aromatic nitrogens is 2. The highest BCUT2D eigenvalue weighted by Gasteiger charge is 2.36. The summed E-state index contributed by atoms with van der Waals surface area (Å²) in [5, 5.41) is 0. The monoisotopic (exact) mass is 361 g/mol. The van der Waals surface area contributed by atoms with Gasteiger partial charge in [-0.15, -0.1) is 0 Å². The molecule has 1 aromatic carbocycles. The third-order valence-corrected chi connectivity index (χ3v) is 5.71. The molecular weight excluding hydrogens is 343 g/mol. The molecule has 9 heteroatoms. The van der Waals surface area contributed by atoms with E-state index in [1.807, 2.05) is 0 Å². The summed E-state index contributed by atoms with van der Waals surface area (Å²) in [5.74, 6) is 0. The fourth-order valence-corrected chi connectivity index (χ4v) is 4.13. The molecule has 0 bridgehead atoms. The predicted molar refractivity (Wildman–Crippen MR) is 84.2 cm³/mol. The van der Waals surface area contributed by atoms with Crippen LogP contribution in [0.3, 0.4) is 0 Å². The Morgan fingerprint density at radius 3 is 2.38 bits per heavy atom. The van der Waals surface area contributed by atoms with Crippen molar-refractivity contribution in [3.63, 3.8) is 0 Å². The van der Waals surface area contributed by atoms with Gasteiger partial charge in [0.05, 0.1) is 29.2 Å². The van der Waals surface area contributed by atoms with Crippen LogP contribution >= 0.6 is 0 Å². The molecule has 24 heavy (non-hydrogen) atoms. The molecule has 1 aromatic heterocycles. The fourth-order valence-electron chi connectivity index (χ4n) is 3.26. The minimum atomic E-state index is -4.46. The minimum Gasteiger partial charge on any atom is -0.327 e. The van der Waals surface area contributed by atoms with Crippen molar-refractivity contribution in [1.82, 2.24) is 13.9 Å². The molecule has 0 radical (unpaired) electrons. The molecule has 0 saturated carbocycles. The number of rotatable bonds is 2. The van der Waals surface area contributed by atoms with Crippen LogP contribution in [0.2, 0.25) is 0 Å². The summed E-state index contributed by atoms with van der Waals surface area (Å²) in [4.78, 5) is 4.13. The Hall–Kier alpha value is -1.61. The van der Waals surface area contributed by atoms with Crippen molar-refractivity contribution in [1.29, 1.82) is 0 Å². The quantitative estimate of drug-likeness (QED) is 0.826. The van der Waals surface area contributed by atoms with E-state index in [1.54, 1.807) is 17.6 Å². The minimum absolute atomic E-state index is 0.0749. The van der Waals surface area contributed by atoms with Gasteiger partial charge in [-0.05, 0) is 37.5 Å². The van der Waals surface area contributed by atoms with Crippen LogP contribution in [0.25, 0.3) is 11.0 Å². The second-order valence-electron chi connectivity index (χ2n) is 6.22. The lowest BCUT2D eigenvalue weighted by Gasteiger charge is -2.31. The Morgan fingerprint density at radius 2 is 1.83 bits per heavy atom. The van der Waals surface area contributed by atoms with Crippen molar-refractivity contribution in [2.75, 3.05) is 19.3 Å². The molecule has 2 aromatic rings. The van der Waals surface area contributed by atoms with E-state index in [9.17, 15) is 21.6 Å². The highest BCUT2D eigenvalue weighted by Crippen LogP contribution is 2.37. The standard InChI is InChI=1S/C15H18F3N3O2S/c1-10-7-12(15(16,17)18)14-13(8-10)19-9-21(14)11-3-5-20(6-4-11)24(2,22)23/h7-9,11H,3-6H2,1-2H3. The number of halogens is 3. The van der Waals surface area contributed by atoms with Crippen LogP contribution in [-0.4, -0.2) is 41.6 Å². The molecule has 0 atom stereocenters. The lowest BCUT2D eigenvalue weighted by Crippen LogP contribution is -2.38. The zero-order valence-electron chi connectivity index (χ0n) is 13.3. The van der Waals surface area contributed by atoms with E-state index in [1.165, 1.54) is 10.6 Å². The van der Waals surface area contributed by atoms with Gasteiger partial charge in [-0.2, -0.15) is 13.2 Å². The molecule has 5 nitrogen and oxygen atoms in total. The number of nitrogens with zero attached hydrogens (tertiary/aromatic N) is 3. The average molecular weight is 361 g/mol. The van der Waals surface area contributed by atoms with E-state index < -0.39 is 21.8 Å². The summed E-state index contributed by atoms with van der Waals surface area (Å²) in [6, 6.07) is 2.57. The summed E-state index contributed by atoms with van der Waals surface area (Å²) < 4.78 is 66.3. The number of alkyl halides is 3. The third kappa shape index (κ3) is 3.14. The highest BCUT2D eigenvalue weighted by molar-refractivity contribution is 7.88. The Labute approximate surface area is 138 Å². The van der Waals surface area contributed by atoms with Gasteiger partial charge in [-0.3, -0.25) is 0 Å². The van der Waals surface area contributed by atoms with Gasteiger partial charge in [-0.25, -0.2) is 17.7 Å². The van der Waals surface area contributed by atoms with Crippen LogP contribution in [0, 0.1) is 6.92 Å². The molecule has 1 fully saturated rings. The van der Waals surface area contributed by atoms with Crippen LogP contribution in [0.1, 0.15) is 30.0 Å². The molecule has 3 rings (SSSR count). The molecule has 0 amide bonds. The second kappa shape index (κ2) is 5.73. The summed E-state index contributed by atoms with van der Waals surface area (Å²) >= 11 is 0. The van der Waals surface area contributed by atoms with Crippen molar-refractivity contribution in [2.24, 2.45) is 0 Å². The Bertz CT molecular complexity index is 866. The van der Waals surface area contributed by atoms with Crippen molar-refractivity contribution in [2.45, 2.75) is 32.0 Å². The molecule has 0 spiro atoms. The van der Waals surface area contributed by atoms with Crippen LogP contribution < -0.4 is 0 Å². The van der Waals surface area contributed by atoms with Crippen LogP contribution in [0.15, 0.2) is 18.5 Å². The number of fused-ring (bicyclic) bond motifs is 1. The number of imidazole rings is 1. The summed E-state index contributed by atoms with van der Waals surface area (Å²) in [6.07, 6.45) is -0.965. The maximum atomic E-state index is 13.4. The number of piperidine rings is 1. The zero-order chi connectivity index (χ0) is 17.7. The highest BCUT2D eigenvalue weighted by atomic mass is 32.2. The van der Waals surface area contributed by atoms with Crippen LogP contribution in [0.5, 0.6) is 0 Å². The number of aryl methyl sites for hydroxylation is 1. The second-order valence-corrected chi connectivity index (χ2v) is 8.21. The maximum absolute atomic E-state index is 13.4. The van der Waals surface area contributed by atoms with Gasteiger partial charge >= 0.3 is 6.18 Å².